The van der Waals surface area contributed by atoms with Crippen LogP contribution in [-0.2, 0) is 0 Å². The molecule has 3 aromatic carbocycles. The van der Waals surface area contributed by atoms with Crippen molar-refractivity contribution in [1.29, 1.82) is 0 Å². The Balaban J connectivity index is 1.77. The third-order valence-electron chi connectivity index (χ3n) is 5.57. The Morgan fingerprint density at radius 1 is 0.625 bits per heavy atom. The minimum atomic E-state index is 0.663. The van der Waals surface area contributed by atoms with Gasteiger partial charge >= 0.3 is 0 Å². The average Bonchev–Trinajstić information content (AvgIpc) is 2.88. The van der Waals surface area contributed by atoms with Gasteiger partial charge in [0, 0.05) is 47.7 Å². The van der Waals surface area contributed by atoms with Crippen LogP contribution in [-0.4, -0.2) is 32.3 Å². The second-order valence-corrected chi connectivity index (χ2v) is 7.44. The van der Waals surface area contributed by atoms with E-state index in [9.17, 15) is 0 Å². The molecule has 152 valence electrons. The van der Waals surface area contributed by atoms with Crippen molar-refractivity contribution in [2.75, 3.05) is 6.54 Å². The summed E-state index contributed by atoms with van der Waals surface area (Å²) in [5.74, 6) is 2.22. The van der Waals surface area contributed by atoms with Gasteiger partial charge in [-0.3, -0.25) is 4.99 Å². The van der Waals surface area contributed by atoms with Crippen LogP contribution in [0.3, 0.4) is 0 Å². The topological polar surface area (TPSA) is 76.0 Å². The lowest BCUT2D eigenvalue weighted by molar-refractivity contribution is 1.10. The third kappa shape index (κ3) is 3.01. The van der Waals surface area contributed by atoms with Crippen molar-refractivity contribution in [3.63, 3.8) is 0 Å². The van der Waals surface area contributed by atoms with E-state index in [0.717, 1.165) is 44.1 Å². The number of hydrogen-bond donors (Lipinski definition) is 1. The first-order valence-electron chi connectivity index (χ1n) is 10.4. The van der Waals surface area contributed by atoms with E-state index in [1.165, 1.54) is 0 Å². The molecule has 6 nitrogen and oxygen atoms in total. The summed E-state index contributed by atoms with van der Waals surface area (Å²) >= 11 is 0. The van der Waals surface area contributed by atoms with Gasteiger partial charge in [-0.05, 0) is 45.8 Å². The first-order chi connectivity index (χ1) is 15.9. The summed E-state index contributed by atoms with van der Waals surface area (Å²) in [6.07, 6.45) is 11.0. The van der Waals surface area contributed by atoms with Gasteiger partial charge in [-0.25, -0.2) is 19.9 Å². The quantitative estimate of drug-likeness (QED) is 0.430. The van der Waals surface area contributed by atoms with Crippen LogP contribution in [0, 0.1) is 0 Å². The molecular formula is C26H18N6. The normalized spacial score (nSPS) is 13.2. The molecule has 6 heteroatoms. The maximum absolute atomic E-state index is 4.61. The van der Waals surface area contributed by atoms with Gasteiger partial charge in [0.25, 0.3) is 0 Å². The SMILES string of the molecule is C1=CNC(c2ccc3c(-c4ncccn4)c4ccccc4c(-c4ncccn4)c3c2)=NC1. The van der Waals surface area contributed by atoms with E-state index in [2.05, 4.69) is 60.6 Å². The summed E-state index contributed by atoms with van der Waals surface area (Å²) in [5.41, 5.74) is 3.00. The Labute approximate surface area is 184 Å². The van der Waals surface area contributed by atoms with E-state index in [1.54, 1.807) is 24.8 Å². The van der Waals surface area contributed by atoms with Gasteiger partial charge in [-0.1, -0.05) is 36.4 Å². The Morgan fingerprint density at radius 2 is 1.22 bits per heavy atom. The zero-order valence-electron chi connectivity index (χ0n) is 17.1. The number of rotatable bonds is 3. The van der Waals surface area contributed by atoms with E-state index in [1.807, 2.05) is 36.5 Å². The molecule has 1 aliphatic rings. The summed E-state index contributed by atoms with van der Waals surface area (Å²) in [4.78, 5) is 23.0. The predicted octanol–water partition coefficient (Wildman–Crippen LogP) is 4.77. The largest absolute Gasteiger partial charge is 0.347 e. The lowest BCUT2D eigenvalue weighted by atomic mass is 9.89. The molecule has 6 rings (SSSR count). The van der Waals surface area contributed by atoms with Crippen molar-refractivity contribution < 1.29 is 0 Å². The molecule has 32 heavy (non-hydrogen) atoms. The second kappa shape index (κ2) is 7.67. The van der Waals surface area contributed by atoms with Gasteiger partial charge in [0.15, 0.2) is 11.6 Å². The number of benzene rings is 3. The summed E-state index contributed by atoms with van der Waals surface area (Å²) in [5, 5.41) is 7.47. The van der Waals surface area contributed by atoms with Gasteiger partial charge < -0.3 is 5.32 Å². The molecule has 2 aromatic heterocycles. The molecule has 0 radical (unpaired) electrons. The highest BCUT2D eigenvalue weighted by molar-refractivity contribution is 6.21. The highest BCUT2D eigenvalue weighted by Crippen LogP contribution is 2.41. The van der Waals surface area contributed by atoms with Crippen molar-refractivity contribution in [3.05, 3.63) is 97.2 Å². The van der Waals surface area contributed by atoms with Crippen LogP contribution in [0.15, 0.2) is 96.7 Å². The molecule has 0 spiro atoms. The van der Waals surface area contributed by atoms with E-state index in [-0.39, 0.29) is 0 Å². The van der Waals surface area contributed by atoms with Crippen molar-refractivity contribution in [1.82, 2.24) is 25.3 Å². The van der Waals surface area contributed by atoms with Crippen LogP contribution in [0.25, 0.3) is 44.3 Å². The highest BCUT2D eigenvalue weighted by Gasteiger charge is 2.20. The molecule has 0 amide bonds. The van der Waals surface area contributed by atoms with E-state index < -0.39 is 0 Å². The number of fused-ring (bicyclic) bond motifs is 2. The smallest absolute Gasteiger partial charge is 0.160 e. The molecule has 3 heterocycles. The fourth-order valence-corrected chi connectivity index (χ4v) is 4.22. The van der Waals surface area contributed by atoms with Gasteiger partial charge in [-0.2, -0.15) is 0 Å². The number of nitrogens with one attached hydrogen (secondary N) is 1. The van der Waals surface area contributed by atoms with Crippen molar-refractivity contribution in [2.45, 2.75) is 0 Å². The molecule has 1 aliphatic heterocycles. The van der Waals surface area contributed by atoms with Crippen molar-refractivity contribution in [3.8, 4) is 22.8 Å². The van der Waals surface area contributed by atoms with E-state index in [4.69, 9.17) is 0 Å². The summed E-state index contributed by atoms with van der Waals surface area (Å²) in [7, 11) is 0. The zero-order valence-corrected chi connectivity index (χ0v) is 17.1. The average molecular weight is 414 g/mol. The summed E-state index contributed by atoms with van der Waals surface area (Å²) in [6, 6.07) is 18.3. The number of nitrogens with zero attached hydrogens (tertiary/aromatic N) is 5. The minimum absolute atomic E-state index is 0.663. The van der Waals surface area contributed by atoms with Gasteiger partial charge in [0.05, 0.1) is 6.54 Å². The Bertz CT molecular complexity index is 1510. The first-order valence-corrected chi connectivity index (χ1v) is 10.4. The fourth-order valence-electron chi connectivity index (χ4n) is 4.22. The monoisotopic (exact) mass is 414 g/mol. The van der Waals surface area contributed by atoms with Crippen LogP contribution >= 0.6 is 0 Å². The van der Waals surface area contributed by atoms with Crippen molar-refractivity contribution in [2.24, 2.45) is 4.99 Å². The van der Waals surface area contributed by atoms with Crippen LogP contribution in [0.1, 0.15) is 5.56 Å². The van der Waals surface area contributed by atoms with Crippen LogP contribution in [0.2, 0.25) is 0 Å². The molecule has 0 aliphatic carbocycles. The maximum Gasteiger partial charge on any atom is 0.160 e. The minimum Gasteiger partial charge on any atom is -0.347 e. The zero-order chi connectivity index (χ0) is 21.3. The lowest BCUT2D eigenvalue weighted by Gasteiger charge is -2.17. The number of aromatic nitrogens is 4. The fraction of sp³-hybridized carbons (Fsp3) is 0.0385. The Morgan fingerprint density at radius 3 is 1.81 bits per heavy atom. The first kappa shape index (κ1) is 18.3. The molecule has 0 saturated heterocycles. The maximum atomic E-state index is 4.61. The lowest BCUT2D eigenvalue weighted by Crippen LogP contribution is -2.21. The standard InChI is InChI=1S/C26H18N6/c1-2-7-19-18(6-1)22(25-29-12-4-13-30-25)20-9-8-17(24-27-10-3-11-28-24)16-21(20)23(19)26-31-14-5-15-32-26/h1-10,12-16H,11H2,(H,27,28). The molecule has 0 unspecified atom stereocenters. The molecule has 0 fully saturated rings. The van der Waals surface area contributed by atoms with Crippen LogP contribution in [0.5, 0.6) is 0 Å². The number of aliphatic imine (C=N–C) groups is 1. The van der Waals surface area contributed by atoms with Gasteiger partial charge in [0.1, 0.15) is 5.84 Å². The van der Waals surface area contributed by atoms with E-state index >= 15 is 0 Å². The molecule has 1 N–H and O–H groups in total. The third-order valence-corrected chi connectivity index (χ3v) is 5.57. The summed E-state index contributed by atoms with van der Waals surface area (Å²) in [6.45, 7) is 0.663. The Hall–Kier alpha value is -4.45. The number of amidine groups is 1. The molecular weight excluding hydrogens is 396 g/mol. The van der Waals surface area contributed by atoms with Crippen molar-refractivity contribution >= 4 is 27.4 Å². The molecule has 0 atom stereocenters. The van der Waals surface area contributed by atoms with Crippen LogP contribution in [0.4, 0.5) is 0 Å². The molecule has 0 saturated carbocycles. The highest BCUT2D eigenvalue weighted by atomic mass is 15.0. The van der Waals surface area contributed by atoms with Gasteiger partial charge in [0.2, 0.25) is 0 Å². The van der Waals surface area contributed by atoms with Crippen LogP contribution < -0.4 is 5.32 Å². The number of hydrogen-bond acceptors (Lipinski definition) is 6. The molecule has 5 aromatic rings. The predicted molar refractivity (Wildman–Crippen MR) is 127 cm³/mol. The second-order valence-electron chi connectivity index (χ2n) is 7.44. The molecule has 0 bridgehead atoms. The summed E-state index contributed by atoms with van der Waals surface area (Å²) < 4.78 is 0. The van der Waals surface area contributed by atoms with Gasteiger partial charge in [-0.15, -0.1) is 0 Å². The Kier molecular flexibility index (Phi) is 4.39. The van der Waals surface area contributed by atoms with E-state index in [0.29, 0.717) is 18.2 Å².